The smallest absolute Gasteiger partial charge is 0.244 e. The van der Waals surface area contributed by atoms with Gasteiger partial charge in [-0.05, 0) is 54.3 Å². The van der Waals surface area contributed by atoms with E-state index >= 15 is 0 Å². The average molecular weight is 628 g/mol. The number of hydrogen-bond acceptors (Lipinski definition) is 5. The van der Waals surface area contributed by atoms with Crippen LogP contribution in [0, 0.1) is 6.92 Å². The van der Waals surface area contributed by atoms with Crippen LogP contribution in [0.4, 0.5) is 5.69 Å². The molecule has 2 amide bonds. The van der Waals surface area contributed by atoms with Crippen LogP contribution in [0.5, 0.6) is 5.75 Å². The minimum atomic E-state index is -3.87. The van der Waals surface area contributed by atoms with Crippen LogP contribution in [0.25, 0.3) is 0 Å². The van der Waals surface area contributed by atoms with E-state index in [0.717, 1.165) is 39.2 Å². The van der Waals surface area contributed by atoms with Gasteiger partial charge in [-0.15, -0.1) is 0 Å². The predicted molar refractivity (Wildman–Crippen MR) is 178 cm³/mol. The number of sulfonamides is 1. The summed E-state index contributed by atoms with van der Waals surface area (Å²) in [7, 11) is -3.87. The van der Waals surface area contributed by atoms with E-state index in [2.05, 4.69) is 5.32 Å². The number of benzene rings is 4. The van der Waals surface area contributed by atoms with E-state index in [1.165, 1.54) is 4.90 Å². The zero-order valence-electron chi connectivity index (χ0n) is 26.1. The van der Waals surface area contributed by atoms with E-state index in [-0.39, 0.29) is 18.9 Å². The second-order valence-electron chi connectivity index (χ2n) is 11.0. The number of aryl methyl sites for hydroxylation is 1. The Balaban J connectivity index is 1.63. The number of anilines is 1. The lowest BCUT2D eigenvalue weighted by atomic mass is 10.0. The highest BCUT2D eigenvalue weighted by molar-refractivity contribution is 7.92. The van der Waals surface area contributed by atoms with Gasteiger partial charge in [0.25, 0.3) is 0 Å². The SMILES string of the molecule is CCCNC(=O)[C@H](Cc1ccccc1)N(Cc1cccc(C)c1)C(=O)CN(c1ccc(OCc2ccccc2)cc1)S(C)(=O)=O. The van der Waals surface area contributed by atoms with Gasteiger partial charge in [-0.25, -0.2) is 8.42 Å². The highest BCUT2D eigenvalue weighted by Crippen LogP contribution is 2.24. The zero-order valence-corrected chi connectivity index (χ0v) is 26.9. The minimum absolute atomic E-state index is 0.140. The second kappa shape index (κ2) is 15.9. The molecule has 4 aromatic rings. The Labute approximate surface area is 266 Å². The molecule has 0 heterocycles. The summed E-state index contributed by atoms with van der Waals surface area (Å²) < 4.78 is 33.1. The topological polar surface area (TPSA) is 96.0 Å². The van der Waals surface area contributed by atoms with Gasteiger partial charge in [-0.3, -0.25) is 13.9 Å². The fourth-order valence-electron chi connectivity index (χ4n) is 4.99. The first kappa shape index (κ1) is 33.3. The van der Waals surface area contributed by atoms with Crippen LogP contribution in [0.3, 0.4) is 0 Å². The van der Waals surface area contributed by atoms with E-state index in [0.29, 0.717) is 24.6 Å². The Bertz CT molecular complexity index is 1650. The first-order valence-corrected chi connectivity index (χ1v) is 16.9. The molecule has 0 spiro atoms. The number of carbonyl (C=O) groups is 2. The van der Waals surface area contributed by atoms with Crippen LogP contribution in [-0.2, 0) is 39.2 Å². The molecule has 0 aliphatic heterocycles. The molecule has 4 aromatic carbocycles. The molecular formula is C36H41N3O5S. The highest BCUT2D eigenvalue weighted by atomic mass is 32.2. The average Bonchev–Trinajstić information content (AvgIpc) is 3.04. The standard InChI is InChI=1S/C36H41N3O5S/c1-4-22-37-36(41)34(24-29-13-7-5-8-14-29)38(25-31-17-11-12-28(2)23-31)35(40)26-39(45(3,42)43)32-18-20-33(21-19-32)44-27-30-15-9-6-10-16-30/h5-21,23,34H,4,22,24-27H2,1-3H3,(H,37,41)/t34-/m0/s1. The largest absolute Gasteiger partial charge is 0.489 e. The van der Waals surface area contributed by atoms with Gasteiger partial charge in [0.2, 0.25) is 21.8 Å². The van der Waals surface area contributed by atoms with Gasteiger partial charge in [0, 0.05) is 19.5 Å². The molecule has 0 aliphatic rings. The molecule has 4 rings (SSSR count). The normalized spacial score (nSPS) is 11.8. The maximum Gasteiger partial charge on any atom is 0.244 e. The molecular weight excluding hydrogens is 586 g/mol. The fourth-order valence-corrected chi connectivity index (χ4v) is 5.84. The van der Waals surface area contributed by atoms with Crippen molar-refractivity contribution in [3.63, 3.8) is 0 Å². The van der Waals surface area contributed by atoms with Gasteiger partial charge in [0.05, 0.1) is 11.9 Å². The molecule has 0 bridgehead atoms. The summed E-state index contributed by atoms with van der Waals surface area (Å²) in [4.78, 5) is 29.3. The number of nitrogens with zero attached hydrogens (tertiary/aromatic N) is 2. The summed E-state index contributed by atoms with van der Waals surface area (Å²) in [5.41, 5.74) is 4.08. The van der Waals surface area contributed by atoms with Crippen molar-refractivity contribution in [3.8, 4) is 5.75 Å². The third-order valence-corrected chi connectivity index (χ3v) is 8.45. The van der Waals surface area contributed by atoms with Crippen molar-refractivity contribution >= 4 is 27.5 Å². The summed E-state index contributed by atoms with van der Waals surface area (Å²) in [5.74, 6) is -0.203. The van der Waals surface area contributed by atoms with E-state index in [1.807, 2.05) is 98.8 Å². The number of ether oxygens (including phenoxy) is 1. The van der Waals surface area contributed by atoms with Crippen LogP contribution in [-0.4, -0.2) is 50.5 Å². The fraction of sp³-hybridized carbons (Fsp3) is 0.278. The second-order valence-corrected chi connectivity index (χ2v) is 13.0. The first-order chi connectivity index (χ1) is 21.6. The minimum Gasteiger partial charge on any atom is -0.489 e. The summed E-state index contributed by atoms with van der Waals surface area (Å²) >= 11 is 0. The third-order valence-electron chi connectivity index (χ3n) is 7.31. The lowest BCUT2D eigenvalue weighted by Gasteiger charge is -2.33. The van der Waals surface area contributed by atoms with Crippen molar-refractivity contribution in [2.75, 3.05) is 23.7 Å². The van der Waals surface area contributed by atoms with Crippen molar-refractivity contribution in [2.45, 2.75) is 45.9 Å². The Morgan fingerprint density at radius 3 is 2.04 bits per heavy atom. The molecule has 0 fully saturated rings. The quantitative estimate of drug-likeness (QED) is 0.188. The predicted octanol–water partition coefficient (Wildman–Crippen LogP) is 5.51. The number of amides is 2. The molecule has 45 heavy (non-hydrogen) atoms. The molecule has 8 nitrogen and oxygen atoms in total. The maximum atomic E-state index is 14.2. The summed E-state index contributed by atoms with van der Waals surface area (Å²) in [6.45, 7) is 4.42. The van der Waals surface area contributed by atoms with Crippen LogP contribution >= 0.6 is 0 Å². The third kappa shape index (κ3) is 9.94. The number of carbonyl (C=O) groups excluding carboxylic acids is 2. The van der Waals surface area contributed by atoms with Gasteiger partial charge in [-0.1, -0.05) is 97.4 Å². The van der Waals surface area contributed by atoms with Crippen LogP contribution in [0.15, 0.2) is 109 Å². The zero-order chi connectivity index (χ0) is 32.2. The van der Waals surface area contributed by atoms with E-state index in [4.69, 9.17) is 4.74 Å². The summed E-state index contributed by atoms with van der Waals surface area (Å²) in [5, 5.41) is 2.95. The molecule has 0 saturated heterocycles. The molecule has 0 saturated carbocycles. The number of rotatable bonds is 15. The van der Waals surface area contributed by atoms with E-state index in [1.54, 1.807) is 24.3 Å². The van der Waals surface area contributed by atoms with Crippen molar-refractivity contribution in [1.29, 1.82) is 0 Å². The number of nitrogens with one attached hydrogen (secondary N) is 1. The lowest BCUT2D eigenvalue weighted by molar-refractivity contribution is -0.140. The van der Waals surface area contributed by atoms with Gasteiger partial charge in [-0.2, -0.15) is 0 Å². The van der Waals surface area contributed by atoms with E-state index < -0.39 is 28.5 Å². The molecule has 9 heteroatoms. The van der Waals surface area contributed by atoms with Gasteiger partial charge in [0.1, 0.15) is 24.9 Å². The monoisotopic (exact) mass is 627 g/mol. The van der Waals surface area contributed by atoms with Crippen LogP contribution in [0.1, 0.15) is 35.6 Å². The summed E-state index contributed by atoms with van der Waals surface area (Å²) in [6, 6.07) is 32.7. The molecule has 0 unspecified atom stereocenters. The van der Waals surface area contributed by atoms with Gasteiger partial charge < -0.3 is 15.0 Å². The Morgan fingerprint density at radius 2 is 1.44 bits per heavy atom. The van der Waals surface area contributed by atoms with Crippen LogP contribution < -0.4 is 14.4 Å². The number of hydrogen-bond donors (Lipinski definition) is 1. The van der Waals surface area contributed by atoms with Gasteiger partial charge >= 0.3 is 0 Å². The highest BCUT2D eigenvalue weighted by Gasteiger charge is 2.33. The van der Waals surface area contributed by atoms with Crippen molar-refractivity contribution in [2.24, 2.45) is 0 Å². The maximum absolute atomic E-state index is 14.2. The van der Waals surface area contributed by atoms with Gasteiger partial charge in [0.15, 0.2) is 0 Å². The van der Waals surface area contributed by atoms with E-state index in [9.17, 15) is 18.0 Å². The lowest BCUT2D eigenvalue weighted by Crippen LogP contribution is -2.53. The Hall–Kier alpha value is -4.63. The summed E-state index contributed by atoms with van der Waals surface area (Å²) in [6.07, 6.45) is 2.09. The van der Waals surface area contributed by atoms with Crippen molar-refractivity contribution in [1.82, 2.24) is 10.2 Å². The molecule has 0 aliphatic carbocycles. The Kier molecular flexibility index (Phi) is 11.8. The van der Waals surface area contributed by atoms with Crippen molar-refractivity contribution in [3.05, 3.63) is 131 Å². The molecule has 0 aromatic heterocycles. The van der Waals surface area contributed by atoms with Crippen molar-refractivity contribution < 1.29 is 22.7 Å². The molecule has 236 valence electrons. The van der Waals surface area contributed by atoms with Crippen LogP contribution in [0.2, 0.25) is 0 Å². The Morgan fingerprint density at radius 1 is 0.822 bits per heavy atom. The first-order valence-electron chi connectivity index (χ1n) is 15.0. The molecule has 1 atom stereocenters. The molecule has 1 N–H and O–H groups in total. The molecule has 0 radical (unpaired) electrons.